The van der Waals surface area contributed by atoms with E-state index in [0.29, 0.717) is 6.04 Å². The third-order valence-corrected chi connectivity index (χ3v) is 5.08. The van der Waals surface area contributed by atoms with Crippen molar-refractivity contribution in [3.63, 3.8) is 0 Å². The van der Waals surface area contributed by atoms with Crippen LogP contribution >= 0.6 is 12.2 Å². The Labute approximate surface area is 134 Å². The molecular formula is C17H28N3S+. The fourth-order valence-corrected chi connectivity index (χ4v) is 3.21. The molecule has 21 heavy (non-hydrogen) atoms. The lowest BCUT2D eigenvalue weighted by Gasteiger charge is -2.37. The van der Waals surface area contributed by atoms with Crippen molar-refractivity contribution in [3.05, 3.63) is 29.8 Å². The molecule has 1 aliphatic rings. The molecule has 4 heteroatoms. The molecule has 1 aromatic carbocycles. The van der Waals surface area contributed by atoms with Gasteiger partial charge in [0.05, 0.1) is 19.1 Å². The minimum atomic E-state index is 0.693. The van der Waals surface area contributed by atoms with E-state index in [1.807, 2.05) is 6.07 Å². The van der Waals surface area contributed by atoms with Gasteiger partial charge in [0, 0.05) is 31.6 Å². The average molecular weight is 306 g/mol. The summed E-state index contributed by atoms with van der Waals surface area (Å²) >= 11 is 5.58. The first-order valence-electron chi connectivity index (χ1n) is 7.94. The predicted molar refractivity (Wildman–Crippen MR) is 94.0 cm³/mol. The van der Waals surface area contributed by atoms with Crippen LogP contribution < -0.4 is 10.2 Å². The molecule has 0 amide bonds. The number of nitrogens with zero attached hydrogens (tertiary/aromatic N) is 1. The number of likely N-dealkylation sites (tertiary alicyclic amines) is 1. The van der Waals surface area contributed by atoms with Crippen LogP contribution in [0.15, 0.2) is 24.3 Å². The summed E-state index contributed by atoms with van der Waals surface area (Å²) in [6, 6.07) is 9.76. The highest BCUT2D eigenvalue weighted by atomic mass is 32.1. The van der Waals surface area contributed by atoms with Gasteiger partial charge in [-0.1, -0.05) is 18.2 Å². The van der Waals surface area contributed by atoms with Crippen molar-refractivity contribution >= 4 is 23.0 Å². The normalized spacial score (nSPS) is 17.9. The van der Waals surface area contributed by atoms with E-state index in [0.717, 1.165) is 29.9 Å². The average Bonchev–Trinajstić information content (AvgIpc) is 2.49. The highest BCUT2D eigenvalue weighted by Gasteiger charge is 2.27. The Morgan fingerprint density at radius 1 is 1.29 bits per heavy atom. The van der Waals surface area contributed by atoms with Crippen molar-refractivity contribution in [2.24, 2.45) is 0 Å². The molecule has 1 fully saturated rings. The molecule has 1 aromatic rings. The molecule has 0 bridgehead atoms. The van der Waals surface area contributed by atoms with E-state index in [-0.39, 0.29) is 0 Å². The Balaban J connectivity index is 1.88. The molecule has 1 heterocycles. The molecule has 1 saturated heterocycles. The van der Waals surface area contributed by atoms with E-state index in [2.05, 4.69) is 56.2 Å². The topological polar surface area (TPSA) is 19.7 Å². The molecule has 0 aromatic heterocycles. The van der Waals surface area contributed by atoms with E-state index >= 15 is 0 Å². The number of thiocarbonyl (C=S) groups is 1. The molecular weight excluding hydrogens is 278 g/mol. The highest BCUT2D eigenvalue weighted by Crippen LogP contribution is 2.16. The number of para-hydroxylation sites is 1. The van der Waals surface area contributed by atoms with Gasteiger partial charge in [-0.2, -0.15) is 0 Å². The summed E-state index contributed by atoms with van der Waals surface area (Å²) in [6.07, 6.45) is 2.44. The predicted octanol–water partition coefficient (Wildman–Crippen LogP) is 2.08. The lowest BCUT2D eigenvalue weighted by atomic mass is 10.0. The van der Waals surface area contributed by atoms with E-state index in [1.54, 1.807) is 4.90 Å². The SMILES string of the molecule is Cc1ccccc1NC(=S)N1CCC([NH+](C)C(C)C)CC1. The Kier molecular flexibility index (Phi) is 5.59. The number of rotatable bonds is 3. The van der Waals surface area contributed by atoms with Gasteiger partial charge in [-0.05, 0) is 44.6 Å². The van der Waals surface area contributed by atoms with Crippen molar-refractivity contribution in [2.45, 2.75) is 45.7 Å². The van der Waals surface area contributed by atoms with Crippen molar-refractivity contribution in [1.29, 1.82) is 0 Å². The second kappa shape index (κ2) is 7.23. The maximum Gasteiger partial charge on any atom is 0.173 e. The molecule has 3 nitrogen and oxygen atoms in total. The maximum atomic E-state index is 5.58. The van der Waals surface area contributed by atoms with Crippen LogP contribution in [0.25, 0.3) is 0 Å². The third kappa shape index (κ3) is 4.17. The highest BCUT2D eigenvalue weighted by molar-refractivity contribution is 7.80. The second-order valence-corrected chi connectivity index (χ2v) is 6.79. The number of anilines is 1. The summed E-state index contributed by atoms with van der Waals surface area (Å²) in [5, 5.41) is 4.26. The van der Waals surface area contributed by atoms with Crippen LogP contribution in [0.1, 0.15) is 32.3 Å². The standard InChI is InChI=1S/C17H27N3S/c1-13(2)19(4)15-9-11-20(12-10-15)17(21)18-16-8-6-5-7-14(16)3/h5-8,13,15H,9-12H2,1-4H3,(H,18,21)/p+1. The molecule has 0 saturated carbocycles. The molecule has 1 atom stereocenters. The first-order chi connectivity index (χ1) is 9.99. The van der Waals surface area contributed by atoms with E-state index < -0.39 is 0 Å². The van der Waals surface area contributed by atoms with Crippen LogP contribution in [-0.2, 0) is 0 Å². The van der Waals surface area contributed by atoms with E-state index in [4.69, 9.17) is 12.2 Å². The minimum Gasteiger partial charge on any atom is -0.349 e. The largest absolute Gasteiger partial charge is 0.349 e. The van der Waals surface area contributed by atoms with Gasteiger partial charge in [-0.15, -0.1) is 0 Å². The molecule has 116 valence electrons. The first-order valence-corrected chi connectivity index (χ1v) is 8.34. The van der Waals surface area contributed by atoms with Crippen molar-refractivity contribution in [2.75, 3.05) is 25.5 Å². The quantitative estimate of drug-likeness (QED) is 0.834. The van der Waals surface area contributed by atoms with Gasteiger partial charge in [-0.25, -0.2) is 0 Å². The fourth-order valence-electron chi connectivity index (χ4n) is 2.92. The summed E-state index contributed by atoms with van der Waals surface area (Å²) in [5.41, 5.74) is 2.35. The number of hydrogen-bond acceptors (Lipinski definition) is 1. The monoisotopic (exact) mass is 306 g/mol. The zero-order valence-electron chi connectivity index (χ0n) is 13.6. The van der Waals surface area contributed by atoms with Crippen LogP contribution in [-0.4, -0.2) is 42.2 Å². The molecule has 0 aliphatic carbocycles. The Bertz CT molecular complexity index is 479. The van der Waals surface area contributed by atoms with Crippen molar-refractivity contribution < 1.29 is 4.90 Å². The third-order valence-electron chi connectivity index (χ3n) is 4.72. The van der Waals surface area contributed by atoms with Crippen LogP contribution in [0.3, 0.4) is 0 Å². The first kappa shape index (κ1) is 16.2. The van der Waals surface area contributed by atoms with Crippen LogP contribution in [0.4, 0.5) is 5.69 Å². The lowest BCUT2D eigenvalue weighted by Crippen LogP contribution is -3.16. The van der Waals surface area contributed by atoms with Crippen LogP contribution in [0.5, 0.6) is 0 Å². The van der Waals surface area contributed by atoms with Crippen LogP contribution in [0.2, 0.25) is 0 Å². The summed E-state index contributed by atoms with van der Waals surface area (Å²) in [7, 11) is 2.31. The zero-order chi connectivity index (χ0) is 15.4. The molecule has 2 N–H and O–H groups in total. The second-order valence-electron chi connectivity index (χ2n) is 6.41. The van der Waals surface area contributed by atoms with Gasteiger partial charge in [0.2, 0.25) is 0 Å². The van der Waals surface area contributed by atoms with Gasteiger partial charge in [0.25, 0.3) is 0 Å². The number of hydrogen-bond donors (Lipinski definition) is 2. The minimum absolute atomic E-state index is 0.693. The lowest BCUT2D eigenvalue weighted by molar-refractivity contribution is -0.928. The van der Waals surface area contributed by atoms with E-state index in [9.17, 15) is 0 Å². The summed E-state index contributed by atoms with van der Waals surface area (Å²) < 4.78 is 0. The van der Waals surface area contributed by atoms with Gasteiger partial charge in [-0.3, -0.25) is 0 Å². The summed E-state index contributed by atoms with van der Waals surface area (Å²) in [6.45, 7) is 8.83. The Hall–Kier alpha value is -1.13. The molecule has 1 aliphatic heterocycles. The summed E-state index contributed by atoms with van der Waals surface area (Å²) in [5.74, 6) is 0. The van der Waals surface area contributed by atoms with Gasteiger partial charge in [0.1, 0.15) is 0 Å². The van der Waals surface area contributed by atoms with Crippen molar-refractivity contribution in [1.82, 2.24) is 4.90 Å². The number of benzene rings is 1. The van der Waals surface area contributed by atoms with Gasteiger partial charge < -0.3 is 15.1 Å². The smallest absolute Gasteiger partial charge is 0.173 e. The maximum absolute atomic E-state index is 5.58. The molecule has 0 spiro atoms. The van der Waals surface area contributed by atoms with Gasteiger partial charge in [0.15, 0.2) is 5.11 Å². The molecule has 2 rings (SSSR count). The molecule has 1 unspecified atom stereocenters. The summed E-state index contributed by atoms with van der Waals surface area (Å²) in [4.78, 5) is 3.96. The molecule has 0 radical (unpaired) electrons. The zero-order valence-corrected chi connectivity index (χ0v) is 14.5. The fraction of sp³-hybridized carbons (Fsp3) is 0.588. The number of quaternary nitrogens is 1. The Morgan fingerprint density at radius 3 is 2.48 bits per heavy atom. The van der Waals surface area contributed by atoms with Crippen LogP contribution in [0, 0.1) is 6.92 Å². The number of piperidine rings is 1. The van der Waals surface area contributed by atoms with Crippen molar-refractivity contribution in [3.8, 4) is 0 Å². The van der Waals surface area contributed by atoms with Gasteiger partial charge >= 0.3 is 0 Å². The Morgan fingerprint density at radius 2 is 1.90 bits per heavy atom. The number of aryl methyl sites for hydroxylation is 1. The number of nitrogens with one attached hydrogen (secondary N) is 2. The van der Waals surface area contributed by atoms with E-state index in [1.165, 1.54) is 18.4 Å².